The SMILES string of the molecule is CC(Cl)=Cc1nnc(Cl)c2ccccc12. The van der Waals surface area contributed by atoms with Crippen LogP contribution in [-0.4, -0.2) is 10.2 Å². The zero-order valence-electron chi connectivity index (χ0n) is 8.04. The smallest absolute Gasteiger partial charge is 0.149 e. The molecule has 0 fully saturated rings. The highest BCUT2D eigenvalue weighted by Crippen LogP contribution is 2.24. The molecule has 0 aliphatic heterocycles. The molecular formula is C11H8Cl2N2. The zero-order chi connectivity index (χ0) is 10.8. The molecule has 0 atom stereocenters. The summed E-state index contributed by atoms with van der Waals surface area (Å²) in [7, 11) is 0. The van der Waals surface area contributed by atoms with Gasteiger partial charge in [-0.25, -0.2) is 0 Å². The number of halogens is 2. The van der Waals surface area contributed by atoms with E-state index in [2.05, 4.69) is 10.2 Å². The van der Waals surface area contributed by atoms with Crippen LogP contribution >= 0.6 is 23.2 Å². The van der Waals surface area contributed by atoms with Gasteiger partial charge in [0.25, 0.3) is 0 Å². The molecule has 2 nitrogen and oxygen atoms in total. The van der Waals surface area contributed by atoms with E-state index < -0.39 is 0 Å². The van der Waals surface area contributed by atoms with Crippen molar-refractivity contribution in [1.29, 1.82) is 0 Å². The summed E-state index contributed by atoms with van der Waals surface area (Å²) in [5.41, 5.74) is 0.738. The molecule has 0 saturated carbocycles. The van der Waals surface area contributed by atoms with Crippen molar-refractivity contribution in [3.05, 3.63) is 40.1 Å². The Balaban J connectivity index is 2.77. The first-order chi connectivity index (χ1) is 7.18. The highest BCUT2D eigenvalue weighted by atomic mass is 35.5. The number of nitrogens with zero attached hydrogens (tertiary/aromatic N) is 2. The van der Waals surface area contributed by atoms with Crippen LogP contribution in [0.2, 0.25) is 5.15 Å². The predicted molar refractivity (Wildman–Crippen MR) is 64.1 cm³/mol. The molecule has 0 unspecified atom stereocenters. The van der Waals surface area contributed by atoms with Crippen molar-refractivity contribution in [3.8, 4) is 0 Å². The van der Waals surface area contributed by atoms with Crippen molar-refractivity contribution < 1.29 is 0 Å². The molecule has 1 heterocycles. The van der Waals surface area contributed by atoms with Crippen LogP contribution in [0.4, 0.5) is 0 Å². The maximum absolute atomic E-state index is 5.94. The largest absolute Gasteiger partial charge is 0.159 e. The van der Waals surface area contributed by atoms with Crippen LogP contribution in [0.15, 0.2) is 29.3 Å². The summed E-state index contributed by atoms with van der Waals surface area (Å²) in [6, 6.07) is 7.70. The first-order valence-electron chi connectivity index (χ1n) is 4.43. The van der Waals surface area contributed by atoms with Crippen molar-refractivity contribution in [2.75, 3.05) is 0 Å². The molecule has 0 spiro atoms. The Bertz CT molecular complexity index is 531. The van der Waals surface area contributed by atoms with Crippen LogP contribution in [0.25, 0.3) is 16.8 Å². The molecule has 76 valence electrons. The molecule has 0 amide bonds. The number of allylic oxidation sites excluding steroid dienone is 1. The minimum absolute atomic E-state index is 0.412. The summed E-state index contributed by atoms with van der Waals surface area (Å²) in [6.45, 7) is 1.80. The average Bonchev–Trinajstić information content (AvgIpc) is 2.22. The van der Waals surface area contributed by atoms with Gasteiger partial charge in [-0.3, -0.25) is 0 Å². The Morgan fingerprint density at radius 1 is 1.20 bits per heavy atom. The molecule has 0 radical (unpaired) electrons. The fourth-order valence-electron chi connectivity index (χ4n) is 1.39. The van der Waals surface area contributed by atoms with Gasteiger partial charge >= 0.3 is 0 Å². The highest BCUT2D eigenvalue weighted by Gasteiger charge is 2.04. The topological polar surface area (TPSA) is 25.8 Å². The van der Waals surface area contributed by atoms with E-state index in [-0.39, 0.29) is 0 Å². The van der Waals surface area contributed by atoms with Crippen molar-refractivity contribution in [3.63, 3.8) is 0 Å². The van der Waals surface area contributed by atoms with Crippen LogP contribution in [0.3, 0.4) is 0 Å². The number of benzene rings is 1. The second-order valence-corrected chi connectivity index (χ2v) is 4.11. The third-order valence-corrected chi connectivity index (χ3v) is 2.39. The van der Waals surface area contributed by atoms with E-state index in [0.29, 0.717) is 10.2 Å². The Kier molecular flexibility index (Phi) is 2.89. The standard InChI is InChI=1S/C11H8Cl2N2/c1-7(12)6-10-8-4-2-3-5-9(8)11(13)15-14-10/h2-6H,1H3. The van der Waals surface area contributed by atoms with E-state index in [1.807, 2.05) is 24.3 Å². The maximum Gasteiger partial charge on any atom is 0.159 e. The molecular weight excluding hydrogens is 231 g/mol. The normalized spacial score (nSPS) is 12.1. The first kappa shape index (κ1) is 10.4. The Hall–Kier alpha value is -1.12. The second kappa shape index (κ2) is 4.17. The van der Waals surface area contributed by atoms with Crippen molar-refractivity contribution >= 4 is 40.1 Å². The lowest BCUT2D eigenvalue weighted by molar-refractivity contribution is 1.04. The molecule has 1 aromatic carbocycles. The summed E-state index contributed by atoms with van der Waals surface area (Å²) in [5, 5.41) is 10.8. The fourth-order valence-corrected chi connectivity index (χ4v) is 1.69. The van der Waals surface area contributed by atoms with E-state index in [9.17, 15) is 0 Å². The van der Waals surface area contributed by atoms with Crippen LogP contribution in [-0.2, 0) is 0 Å². The van der Waals surface area contributed by atoms with Gasteiger partial charge in [0, 0.05) is 15.8 Å². The molecule has 15 heavy (non-hydrogen) atoms. The maximum atomic E-state index is 5.94. The molecule has 0 bridgehead atoms. The Morgan fingerprint density at radius 2 is 1.87 bits per heavy atom. The fraction of sp³-hybridized carbons (Fsp3) is 0.0909. The van der Waals surface area contributed by atoms with Gasteiger partial charge in [0.2, 0.25) is 0 Å². The van der Waals surface area contributed by atoms with Gasteiger partial charge in [0.05, 0.1) is 5.69 Å². The summed E-state index contributed by atoms with van der Waals surface area (Å²) in [4.78, 5) is 0. The quantitative estimate of drug-likeness (QED) is 0.754. The van der Waals surface area contributed by atoms with Gasteiger partial charge in [-0.05, 0) is 13.0 Å². The number of rotatable bonds is 1. The highest BCUT2D eigenvalue weighted by molar-refractivity contribution is 6.34. The molecule has 0 aliphatic rings. The van der Waals surface area contributed by atoms with Gasteiger partial charge in [0.15, 0.2) is 5.15 Å². The van der Waals surface area contributed by atoms with E-state index in [4.69, 9.17) is 23.2 Å². The number of fused-ring (bicyclic) bond motifs is 1. The molecule has 4 heteroatoms. The minimum atomic E-state index is 0.412. The second-order valence-electron chi connectivity index (χ2n) is 3.15. The van der Waals surface area contributed by atoms with Crippen molar-refractivity contribution in [1.82, 2.24) is 10.2 Å². The van der Waals surface area contributed by atoms with Crippen LogP contribution in [0.1, 0.15) is 12.6 Å². The number of hydrogen-bond acceptors (Lipinski definition) is 2. The third-order valence-electron chi connectivity index (χ3n) is 2.01. The Morgan fingerprint density at radius 3 is 2.53 bits per heavy atom. The lowest BCUT2D eigenvalue weighted by Crippen LogP contribution is -1.90. The molecule has 2 rings (SSSR count). The van der Waals surface area contributed by atoms with Crippen molar-refractivity contribution in [2.45, 2.75) is 6.92 Å². The monoisotopic (exact) mass is 238 g/mol. The number of hydrogen-bond donors (Lipinski definition) is 0. The molecule has 2 aromatic rings. The van der Waals surface area contributed by atoms with Gasteiger partial charge in [-0.15, -0.1) is 10.2 Å². The van der Waals surface area contributed by atoms with Crippen LogP contribution < -0.4 is 0 Å². The van der Waals surface area contributed by atoms with Crippen LogP contribution in [0.5, 0.6) is 0 Å². The third kappa shape index (κ3) is 2.11. The lowest BCUT2D eigenvalue weighted by Gasteiger charge is -2.01. The predicted octanol–water partition coefficient (Wildman–Crippen LogP) is 3.88. The van der Waals surface area contributed by atoms with Crippen LogP contribution in [0, 0.1) is 0 Å². The molecule has 0 aliphatic carbocycles. The summed E-state index contributed by atoms with van der Waals surface area (Å²) < 4.78 is 0. The zero-order valence-corrected chi connectivity index (χ0v) is 9.55. The van der Waals surface area contributed by atoms with E-state index in [1.54, 1.807) is 13.0 Å². The first-order valence-corrected chi connectivity index (χ1v) is 5.19. The summed E-state index contributed by atoms with van der Waals surface area (Å²) in [5.74, 6) is 0. The lowest BCUT2D eigenvalue weighted by atomic mass is 10.1. The van der Waals surface area contributed by atoms with E-state index >= 15 is 0 Å². The summed E-state index contributed by atoms with van der Waals surface area (Å²) in [6.07, 6.45) is 1.77. The number of aromatic nitrogens is 2. The van der Waals surface area contributed by atoms with Gasteiger partial charge in [-0.1, -0.05) is 47.5 Å². The molecule has 0 N–H and O–H groups in total. The van der Waals surface area contributed by atoms with E-state index in [0.717, 1.165) is 16.5 Å². The average molecular weight is 239 g/mol. The van der Waals surface area contributed by atoms with Crippen molar-refractivity contribution in [2.24, 2.45) is 0 Å². The summed E-state index contributed by atoms with van der Waals surface area (Å²) >= 11 is 11.8. The van der Waals surface area contributed by atoms with E-state index in [1.165, 1.54) is 0 Å². The molecule has 0 saturated heterocycles. The van der Waals surface area contributed by atoms with Gasteiger partial charge in [-0.2, -0.15) is 0 Å². The van der Waals surface area contributed by atoms with Gasteiger partial charge in [0.1, 0.15) is 0 Å². The Labute approximate surface area is 97.5 Å². The molecule has 1 aromatic heterocycles. The minimum Gasteiger partial charge on any atom is -0.149 e. The van der Waals surface area contributed by atoms with Gasteiger partial charge < -0.3 is 0 Å².